The second-order valence-corrected chi connectivity index (χ2v) is 4.43. The first-order valence-electron chi connectivity index (χ1n) is 5.98. The maximum atomic E-state index is 4.00. The van der Waals surface area contributed by atoms with Crippen molar-refractivity contribution in [1.29, 1.82) is 0 Å². The molecule has 0 aliphatic carbocycles. The second-order valence-electron chi connectivity index (χ2n) is 4.43. The fourth-order valence-electron chi connectivity index (χ4n) is 2.34. The summed E-state index contributed by atoms with van der Waals surface area (Å²) in [5, 5.41) is 17.6. The Morgan fingerprint density at radius 3 is 3.12 bits per heavy atom. The smallest absolute Gasteiger partial charge is 0.204 e. The van der Waals surface area contributed by atoms with Crippen molar-refractivity contribution in [2.45, 2.75) is 25.3 Å². The van der Waals surface area contributed by atoms with Crippen molar-refractivity contribution in [1.82, 2.24) is 25.9 Å². The molecule has 1 fully saturated rings. The monoisotopic (exact) mass is 229 g/mol. The van der Waals surface area contributed by atoms with Crippen LogP contribution in [0.1, 0.15) is 18.4 Å². The van der Waals surface area contributed by atoms with E-state index in [9.17, 15) is 0 Å². The second kappa shape index (κ2) is 4.63. The number of hydrogen-bond donors (Lipinski definition) is 2. The lowest BCUT2D eigenvalue weighted by Gasteiger charge is -2.10. The summed E-state index contributed by atoms with van der Waals surface area (Å²) < 4.78 is 0. The van der Waals surface area contributed by atoms with Crippen LogP contribution in [0.25, 0.3) is 11.4 Å². The molecule has 1 aliphatic heterocycles. The minimum atomic E-state index is 0.621. The zero-order valence-corrected chi connectivity index (χ0v) is 9.56. The molecule has 1 aromatic carbocycles. The Hall–Kier alpha value is -1.75. The zero-order chi connectivity index (χ0) is 11.5. The highest BCUT2D eigenvalue weighted by Crippen LogP contribution is 2.18. The lowest BCUT2D eigenvalue weighted by molar-refractivity contribution is 0.603. The third-order valence-electron chi connectivity index (χ3n) is 3.18. The summed E-state index contributed by atoms with van der Waals surface area (Å²) in [6, 6.07) is 8.98. The Balaban J connectivity index is 1.79. The molecule has 0 bridgehead atoms. The molecule has 2 aromatic rings. The van der Waals surface area contributed by atoms with E-state index in [0.29, 0.717) is 11.9 Å². The van der Waals surface area contributed by atoms with Crippen molar-refractivity contribution < 1.29 is 0 Å². The molecule has 1 atom stereocenters. The van der Waals surface area contributed by atoms with E-state index >= 15 is 0 Å². The van der Waals surface area contributed by atoms with Crippen LogP contribution in [0.3, 0.4) is 0 Å². The van der Waals surface area contributed by atoms with Crippen molar-refractivity contribution in [2.24, 2.45) is 0 Å². The maximum absolute atomic E-state index is 4.00. The molecule has 17 heavy (non-hydrogen) atoms. The van der Waals surface area contributed by atoms with Crippen molar-refractivity contribution in [3.8, 4) is 11.4 Å². The van der Waals surface area contributed by atoms with Gasteiger partial charge in [-0.15, -0.1) is 10.2 Å². The first-order valence-corrected chi connectivity index (χ1v) is 5.98. The number of H-pyrrole nitrogens is 1. The number of rotatable bonds is 3. The van der Waals surface area contributed by atoms with Gasteiger partial charge in [0.1, 0.15) is 0 Å². The van der Waals surface area contributed by atoms with Crippen molar-refractivity contribution in [3.05, 3.63) is 29.8 Å². The van der Waals surface area contributed by atoms with Crippen LogP contribution in [-0.4, -0.2) is 33.2 Å². The first kappa shape index (κ1) is 10.4. The van der Waals surface area contributed by atoms with Crippen LogP contribution in [0.5, 0.6) is 0 Å². The largest absolute Gasteiger partial charge is 0.314 e. The van der Waals surface area contributed by atoms with Gasteiger partial charge in [-0.25, -0.2) is 0 Å². The predicted octanol–water partition coefficient (Wildman–Crippen LogP) is 1.16. The fraction of sp³-hybridized carbons (Fsp3) is 0.417. The molecule has 2 N–H and O–H groups in total. The average molecular weight is 229 g/mol. The van der Waals surface area contributed by atoms with Crippen LogP contribution < -0.4 is 5.32 Å². The highest BCUT2D eigenvalue weighted by atomic mass is 15.5. The van der Waals surface area contributed by atoms with E-state index in [1.807, 2.05) is 6.07 Å². The van der Waals surface area contributed by atoms with E-state index in [4.69, 9.17) is 0 Å². The molecule has 88 valence electrons. The molecule has 2 heterocycles. The molecule has 1 unspecified atom stereocenters. The van der Waals surface area contributed by atoms with Gasteiger partial charge < -0.3 is 5.32 Å². The summed E-state index contributed by atoms with van der Waals surface area (Å²) in [5.41, 5.74) is 2.35. The van der Waals surface area contributed by atoms with Gasteiger partial charge >= 0.3 is 0 Å². The summed E-state index contributed by atoms with van der Waals surface area (Å²) in [4.78, 5) is 0. The Morgan fingerprint density at radius 2 is 2.35 bits per heavy atom. The Bertz CT molecular complexity index is 473. The Morgan fingerprint density at radius 1 is 1.35 bits per heavy atom. The zero-order valence-electron chi connectivity index (χ0n) is 9.56. The summed E-state index contributed by atoms with van der Waals surface area (Å²) >= 11 is 0. The fourth-order valence-corrected chi connectivity index (χ4v) is 2.34. The van der Waals surface area contributed by atoms with E-state index in [-0.39, 0.29) is 0 Å². The van der Waals surface area contributed by atoms with E-state index < -0.39 is 0 Å². The van der Waals surface area contributed by atoms with E-state index in [1.54, 1.807) is 0 Å². The van der Waals surface area contributed by atoms with E-state index in [0.717, 1.165) is 18.5 Å². The molecule has 5 heteroatoms. The number of hydrogen-bond acceptors (Lipinski definition) is 4. The standard InChI is InChI=1S/C12H15N5/c1-3-9(8-11-5-2-6-13-11)7-10(4-1)12-14-16-17-15-12/h1,3-4,7,11,13H,2,5-6,8H2,(H,14,15,16,17). The average Bonchev–Trinajstić information content (AvgIpc) is 3.01. The van der Waals surface area contributed by atoms with Crippen LogP contribution in [-0.2, 0) is 6.42 Å². The van der Waals surface area contributed by atoms with Crippen LogP contribution >= 0.6 is 0 Å². The highest BCUT2D eigenvalue weighted by Gasteiger charge is 2.14. The Kier molecular flexibility index (Phi) is 2.83. The predicted molar refractivity (Wildman–Crippen MR) is 64.3 cm³/mol. The molecule has 1 saturated heterocycles. The number of aromatic nitrogens is 4. The minimum Gasteiger partial charge on any atom is -0.314 e. The number of benzene rings is 1. The molecule has 0 radical (unpaired) electrons. The van der Waals surface area contributed by atoms with Gasteiger partial charge in [-0.1, -0.05) is 18.2 Å². The molecule has 1 aromatic heterocycles. The van der Waals surface area contributed by atoms with Crippen LogP contribution in [0.4, 0.5) is 0 Å². The molecule has 3 rings (SSSR count). The highest BCUT2D eigenvalue weighted by molar-refractivity contribution is 5.54. The van der Waals surface area contributed by atoms with Gasteiger partial charge in [0.15, 0.2) is 0 Å². The summed E-state index contributed by atoms with van der Waals surface area (Å²) in [7, 11) is 0. The molecule has 0 amide bonds. The van der Waals surface area contributed by atoms with Gasteiger partial charge in [0, 0.05) is 11.6 Å². The van der Waals surface area contributed by atoms with E-state index in [1.165, 1.54) is 18.4 Å². The van der Waals surface area contributed by atoms with E-state index in [2.05, 4.69) is 44.1 Å². The van der Waals surface area contributed by atoms with Gasteiger partial charge in [0.05, 0.1) is 0 Å². The molecular formula is C12H15N5. The quantitative estimate of drug-likeness (QED) is 0.829. The third-order valence-corrected chi connectivity index (χ3v) is 3.18. The number of tetrazole rings is 1. The normalized spacial score (nSPS) is 19.6. The van der Waals surface area contributed by atoms with Gasteiger partial charge in [-0.2, -0.15) is 5.21 Å². The molecule has 0 saturated carbocycles. The maximum Gasteiger partial charge on any atom is 0.204 e. The lowest BCUT2D eigenvalue weighted by Crippen LogP contribution is -2.23. The number of nitrogens with one attached hydrogen (secondary N) is 2. The van der Waals surface area contributed by atoms with Gasteiger partial charge in [0.25, 0.3) is 0 Å². The molecular weight excluding hydrogens is 214 g/mol. The molecule has 1 aliphatic rings. The van der Waals surface area contributed by atoms with Gasteiger partial charge in [-0.3, -0.25) is 0 Å². The summed E-state index contributed by atoms with van der Waals surface area (Å²) in [5.74, 6) is 0.659. The number of aromatic amines is 1. The van der Waals surface area contributed by atoms with Crippen LogP contribution in [0.2, 0.25) is 0 Å². The first-order chi connectivity index (χ1) is 8.42. The van der Waals surface area contributed by atoms with Crippen LogP contribution in [0.15, 0.2) is 24.3 Å². The van der Waals surface area contributed by atoms with Gasteiger partial charge in [0.2, 0.25) is 5.82 Å². The Labute approximate surface area is 99.6 Å². The van der Waals surface area contributed by atoms with Crippen molar-refractivity contribution >= 4 is 0 Å². The minimum absolute atomic E-state index is 0.621. The SMILES string of the molecule is c1cc(CC2CCCN2)cc(-c2nn[nH]n2)c1. The van der Waals surface area contributed by atoms with Crippen LogP contribution in [0, 0.1) is 0 Å². The van der Waals surface area contributed by atoms with Crippen molar-refractivity contribution in [2.75, 3.05) is 6.54 Å². The number of nitrogens with zero attached hydrogens (tertiary/aromatic N) is 3. The lowest BCUT2D eigenvalue weighted by atomic mass is 10.0. The molecule has 0 spiro atoms. The van der Waals surface area contributed by atoms with Gasteiger partial charge in [-0.05, 0) is 42.7 Å². The topological polar surface area (TPSA) is 66.5 Å². The van der Waals surface area contributed by atoms with Crippen molar-refractivity contribution in [3.63, 3.8) is 0 Å². The summed E-state index contributed by atoms with van der Waals surface area (Å²) in [6.07, 6.45) is 3.63. The molecule has 5 nitrogen and oxygen atoms in total. The third kappa shape index (κ3) is 2.34. The summed E-state index contributed by atoms with van der Waals surface area (Å²) in [6.45, 7) is 1.15.